The van der Waals surface area contributed by atoms with Crippen LogP contribution in [0.2, 0.25) is 0 Å². The van der Waals surface area contributed by atoms with E-state index in [1.165, 1.54) is 109 Å². The molecule has 0 saturated heterocycles. The molecule has 0 bridgehead atoms. The van der Waals surface area contributed by atoms with Crippen molar-refractivity contribution in [2.24, 2.45) is 0 Å². The van der Waals surface area contributed by atoms with Gasteiger partial charge in [0.05, 0.1) is 0 Å². The number of hydrogen-bond acceptors (Lipinski definition) is 0. The third-order valence-electron chi connectivity index (χ3n) is 4.41. The van der Waals surface area contributed by atoms with Crippen molar-refractivity contribution in [2.75, 3.05) is 0 Å². The second-order valence-corrected chi connectivity index (χ2v) is 6.35. The van der Waals surface area contributed by atoms with Gasteiger partial charge >= 0.3 is 0 Å². The molecule has 0 aromatic carbocycles. The molecule has 0 atom stereocenters. The van der Waals surface area contributed by atoms with E-state index in [0.717, 1.165) is 0 Å². The lowest BCUT2D eigenvalue weighted by atomic mass is 10.0. The minimum Gasteiger partial charge on any atom is -0.0885 e. The number of allylic oxidation sites excluding steroid dienone is 2. The molecule has 1 rings (SSSR count). The van der Waals surface area contributed by atoms with Crippen LogP contribution in [0.4, 0.5) is 0 Å². The van der Waals surface area contributed by atoms with Crippen LogP contribution in [0.3, 0.4) is 0 Å². The zero-order valence-corrected chi connectivity index (χ0v) is 13.2. The first kappa shape index (κ1) is 16.8. The second-order valence-electron chi connectivity index (χ2n) is 6.35. The van der Waals surface area contributed by atoms with E-state index in [2.05, 4.69) is 12.2 Å². The van der Waals surface area contributed by atoms with Crippen molar-refractivity contribution >= 4 is 0 Å². The van der Waals surface area contributed by atoms with E-state index < -0.39 is 0 Å². The smallest absolute Gasteiger partial charge is 0.0351 e. The molecule has 0 heterocycles. The average molecular weight is 264 g/mol. The van der Waals surface area contributed by atoms with Gasteiger partial charge in [-0.05, 0) is 25.7 Å². The van der Waals surface area contributed by atoms with Gasteiger partial charge in [-0.2, -0.15) is 0 Å². The first-order chi connectivity index (χ1) is 9.50. The molecule has 0 unspecified atom stereocenters. The maximum atomic E-state index is 2.42. The van der Waals surface area contributed by atoms with Crippen LogP contribution < -0.4 is 0 Å². The van der Waals surface area contributed by atoms with Gasteiger partial charge in [-0.1, -0.05) is 95.6 Å². The summed E-state index contributed by atoms with van der Waals surface area (Å²) >= 11 is 0. The Labute approximate surface area is 122 Å². The lowest BCUT2D eigenvalue weighted by Gasteiger charge is -2.03. The highest BCUT2D eigenvalue weighted by molar-refractivity contribution is 4.81. The molecule has 1 aliphatic rings. The minimum atomic E-state index is 1.32. The van der Waals surface area contributed by atoms with Crippen LogP contribution in [0.5, 0.6) is 0 Å². The Balaban J connectivity index is 2.06. The van der Waals surface area contributed by atoms with E-state index in [-0.39, 0.29) is 0 Å². The van der Waals surface area contributed by atoms with Crippen LogP contribution in [0.1, 0.15) is 109 Å². The maximum Gasteiger partial charge on any atom is -0.0351 e. The zero-order valence-electron chi connectivity index (χ0n) is 13.2. The van der Waals surface area contributed by atoms with Gasteiger partial charge in [-0.25, -0.2) is 0 Å². The molecule has 0 saturated carbocycles. The van der Waals surface area contributed by atoms with Crippen LogP contribution in [-0.4, -0.2) is 0 Å². The van der Waals surface area contributed by atoms with Crippen molar-refractivity contribution < 1.29 is 0 Å². The summed E-state index contributed by atoms with van der Waals surface area (Å²) in [4.78, 5) is 0. The average Bonchev–Trinajstić information content (AvgIpc) is 2.43. The molecule has 0 aromatic rings. The Kier molecular flexibility index (Phi) is 12.5. The summed E-state index contributed by atoms with van der Waals surface area (Å²) < 4.78 is 0. The van der Waals surface area contributed by atoms with E-state index in [1.807, 2.05) is 0 Å². The summed E-state index contributed by atoms with van der Waals surface area (Å²) in [6.07, 6.45) is 29.5. The van der Waals surface area contributed by atoms with E-state index in [4.69, 9.17) is 0 Å². The van der Waals surface area contributed by atoms with Crippen molar-refractivity contribution in [3.05, 3.63) is 12.2 Å². The third kappa shape index (κ3) is 12.5. The lowest BCUT2D eigenvalue weighted by molar-refractivity contribution is 0.532. The van der Waals surface area contributed by atoms with E-state index in [1.54, 1.807) is 0 Å². The number of hydrogen-bond donors (Lipinski definition) is 0. The van der Waals surface area contributed by atoms with Crippen molar-refractivity contribution in [3.63, 3.8) is 0 Å². The van der Waals surface area contributed by atoms with Gasteiger partial charge in [-0.3, -0.25) is 0 Å². The fraction of sp³-hybridized carbons (Fsp3) is 0.895. The predicted octanol–water partition coefficient (Wildman–Crippen LogP) is 7.19. The topological polar surface area (TPSA) is 0 Å². The molecule has 0 spiro atoms. The highest BCUT2D eigenvalue weighted by Crippen LogP contribution is 2.14. The molecule has 0 aromatic heterocycles. The molecule has 0 radical (unpaired) electrons. The zero-order chi connectivity index (χ0) is 13.4. The Morgan fingerprint density at radius 3 is 0.737 bits per heavy atom. The van der Waals surface area contributed by atoms with Gasteiger partial charge in [0.2, 0.25) is 0 Å². The van der Waals surface area contributed by atoms with Crippen molar-refractivity contribution in [1.82, 2.24) is 0 Å². The summed E-state index contributed by atoms with van der Waals surface area (Å²) in [7, 11) is 0. The third-order valence-corrected chi connectivity index (χ3v) is 4.41. The summed E-state index contributed by atoms with van der Waals surface area (Å²) in [6, 6.07) is 0. The molecule has 0 fully saturated rings. The summed E-state index contributed by atoms with van der Waals surface area (Å²) in [5.74, 6) is 0. The van der Waals surface area contributed by atoms with Crippen molar-refractivity contribution in [3.8, 4) is 0 Å². The van der Waals surface area contributed by atoms with E-state index in [9.17, 15) is 0 Å². The molecule has 1 aliphatic carbocycles. The molecular weight excluding hydrogens is 228 g/mol. The van der Waals surface area contributed by atoms with Gasteiger partial charge in [0, 0.05) is 0 Å². The molecule has 0 N–H and O–H groups in total. The maximum absolute atomic E-state index is 2.42. The van der Waals surface area contributed by atoms with Crippen LogP contribution in [-0.2, 0) is 0 Å². The van der Waals surface area contributed by atoms with Crippen LogP contribution in [0.25, 0.3) is 0 Å². The first-order valence-electron chi connectivity index (χ1n) is 9.15. The van der Waals surface area contributed by atoms with E-state index in [0.29, 0.717) is 0 Å². The highest BCUT2D eigenvalue weighted by Gasteiger charge is 1.95. The monoisotopic (exact) mass is 264 g/mol. The predicted molar refractivity (Wildman–Crippen MR) is 87.6 cm³/mol. The fourth-order valence-corrected chi connectivity index (χ4v) is 3.06. The summed E-state index contributed by atoms with van der Waals surface area (Å²) in [6.45, 7) is 0. The van der Waals surface area contributed by atoms with Gasteiger partial charge in [0.1, 0.15) is 0 Å². The minimum absolute atomic E-state index is 1.32. The summed E-state index contributed by atoms with van der Waals surface area (Å²) in [5, 5.41) is 0. The fourth-order valence-electron chi connectivity index (χ4n) is 3.06. The first-order valence-corrected chi connectivity index (χ1v) is 9.15. The van der Waals surface area contributed by atoms with Gasteiger partial charge in [0.25, 0.3) is 0 Å². The van der Waals surface area contributed by atoms with Crippen molar-refractivity contribution in [2.45, 2.75) is 109 Å². The second kappa shape index (κ2) is 14.2. The Bertz CT molecular complexity index is 172. The van der Waals surface area contributed by atoms with Crippen molar-refractivity contribution in [1.29, 1.82) is 0 Å². The van der Waals surface area contributed by atoms with Crippen LogP contribution in [0, 0.1) is 0 Å². The quantitative estimate of drug-likeness (QED) is 0.406. The normalized spacial score (nSPS) is 24.8. The standard InChI is InChI=1S/C19H36/c1-2-4-6-8-10-12-14-16-18-19-17-15-13-11-9-7-5-3-1/h1-2H,3-19H2/b2-1+. The Hall–Kier alpha value is -0.260. The van der Waals surface area contributed by atoms with Gasteiger partial charge < -0.3 is 0 Å². The molecule has 0 aliphatic heterocycles. The van der Waals surface area contributed by atoms with Crippen LogP contribution >= 0.6 is 0 Å². The van der Waals surface area contributed by atoms with Gasteiger partial charge in [0.15, 0.2) is 0 Å². The largest absolute Gasteiger partial charge is 0.0885 e. The lowest BCUT2D eigenvalue weighted by Crippen LogP contribution is -1.83. The molecule has 0 amide bonds. The Morgan fingerprint density at radius 1 is 0.263 bits per heavy atom. The molecule has 19 heavy (non-hydrogen) atoms. The molecule has 0 nitrogen and oxygen atoms in total. The highest BCUT2D eigenvalue weighted by atomic mass is 14.0. The van der Waals surface area contributed by atoms with E-state index >= 15 is 0 Å². The number of rotatable bonds is 0. The molecule has 0 heteroatoms. The summed E-state index contributed by atoms with van der Waals surface area (Å²) in [5.41, 5.74) is 0. The van der Waals surface area contributed by atoms with Gasteiger partial charge in [-0.15, -0.1) is 0 Å². The van der Waals surface area contributed by atoms with Crippen LogP contribution in [0.15, 0.2) is 12.2 Å². The SMILES string of the molecule is C1=C/CCCCCCCCCCCCCCCCC/1. The molecular formula is C19H36. The Morgan fingerprint density at radius 2 is 0.474 bits per heavy atom. The molecule has 112 valence electrons.